The molecule has 0 atom stereocenters. The van der Waals surface area contributed by atoms with Crippen molar-refractivity contribution in [1.29, 1.82) is 0 Å². The standard InChI is InChI=1S/C19H29N7O/c1-4-18-23-22-15-26(18)10-9-21-19(20-2)25-13-11-24(12-14-25)16-7-5-6-8-17(16)27-3/h5-8,15H,4,9-14H2,1-3H3,(H,20,21). The summed E-state index contributed by atoms with van der Waals surface area (Å²) in [6.07, 6.45) is 2.68. The number of aliphatic imine (C=N–C) groups is 1. The molecule has 1 aromatic heterocycles. The second-order valence-corrected chi connectivity index (χ2v) is 6.41. The minimum atomic E-state index is 0.796. The maximum Gasteiger partial charge on any atom is 0.193 e. The van der Waals surface area contributed by atoms with Crippen molar-refractivity contribution in [1.82, 2.24) is 25.0 Å². The van der Waals surface area contributed by atoms with Gasteiger partial charge < -0.3 is 24.4 Å². The van der Waals surface area contributed by atoms with Crippen LogP contribution in [0.25, 0.3) is 0 Å². The Balaban J connectivity index is 1.51. The van der Waals surface area contributed by atoms with E-state index in [2.05, 4.69) is 53.9 Å². The van der Waals surface area contributed by atoms with Crippen LogP contribution < -0.4 is 15.0 Å². The number of hydrogen-bond acceptors (Lipinski definition) is 5. The molecule has 2 aromatic rings. The number of piperazine rings is 1. The van der Waals surface area contributed by atoms with Crippen LogP contribution in [0.4, 0.5) is 5.69 Å². The maximum atomic E-state index is 5.50. The van der Waals surface area contributed by atoms with Crippen LogP contribution in [-0.2, 0) is 13.0 Å². The fraction of sp³-hybridized carbons (Fsp3) is 0.526. The van der Waals surface area contributed by atoms with Gasteiger partial charge in [0, 0.05) is 52.7 Å². The third kappa shape index (κ3) is 4.50. The second-order valence-electron chi connectivity index (χ2n) is 6.41. The van der Waals surface area contributed by atoms with E-state index in [1.807, 2.05) is 19.2 Å². The van der Waals surface area contributed by atoms with Crippen molar-refractivity contribution < 1.29 is 4.74 Å². The number of aryl methyl sites for hydroxylation is 1. The summed E-state index contributed by atoms with van der Waals surface area (Å²) >= 11 is 0. The first-order valence-electron chi connectivity index (χ1n) is 9.47. The molecule has 146 valence electrons. The number of para-hydroxylation sites is 2. The number of nitrogens with one attached hydrogen (secondary N) is 1. The first-order valence-corrected chi connectivity index (χ1v) is 9.47. The van der Waals surface area contributed by atoms with E-state index in [9.17, 15) is 0 Å². The van der Waals surface area contributed by atoms with E-state index in [0.29, 0.717) is 0 Å². The monoisotopic (exact) mass is 371 g/mol. The van der Waals surface area contributed by atoms with Crippen molar-refractivity contribution in [3.63, 3.8) is 0 Å². The minimum Gasteiger partial charge on any atom is -0.495 e. The zero-order valence-corrected chi connectivity index (χ0v) is 16.4. The molecule has 1 saturated heterocycles. The van der Waals surface area contributed by atoms with Gasteiger partial charge in [0.15, 0.2) is 5.96 Å². The molecule has 2 heterocycles. The smallest absolute Gasteiger partial charge is 0.193 e. The van der Waals surface area contributed by atoms with Crippen molar-refractivity contribution in [3.05, 3.63) is 36.4 Å². The summed E-state index contributed by atoms with van der Waals surface area (Å²) in [5, 5.41) is 11.6. The first kappa shape index (κ1) is 19.0. The van der Waals surface area contributed by atoms with E-state index in [-0.39, 0.29) is 0 Å². The molecule has 0 saturated carbocycles. The summed E-state index contributed by atoms with van der Waals surface area (Å²) in [7, 11) is 3.56. The van der Waals surface area contributed by atoms with E-state index in [0.717, 1.165) is 68.9 Å². The molecule has 1 fully saturated rings. The van der Waals surface area contributed by atoms with Crippen LogP contribution in [0.15, 0.2) is 35.6 Å². The minimum absolute atomic E-state index is 0.796. The molecule has 8 nitrogen and oxygen atoms in total. The predicted octanol–water partition coefficient (Wildman–Crippen LogP) is 1.25. The Bertz CT molecular complexity index is 750. The van der Waals surface area contributed by atoms with Crippen LogP contribution in [-0.4, -0.2) is 72.5 Å². The number of hydrogen-bond donors (Lipinski definition) is 1. The van der Waals surface area contributed by atoms with Gasteiger partial charge in [0.05, 0.1) is 12.8 Å². The molecule has 1 aromatic carbocycles. The van der Waals surface area contributed by atoms with Gasteiger partial charge in [-0.1, -0.05) is 19.1 Å². The lowest BCUT2D eigenvalue weighted by Crippen LogP contribution is -2.53. The number of rotatable bonds is 6. The van der Waals surface area contributed by atoms with Crippen LogP contribution >= 0.6 is 0 Å². The maximum absolute atomic E-state index is 5.50. The zero-order valence-electron chi connectivity index (χ0n) is 16.4. The van der Waals surface area contributed by atoms with Crippen LogP contribution in [0.5, 0.6) is 5.75 Å². The van der Waals surface area contributed by atoms with Gasteiger partial charge in [0.25, 0.3) is 0 Å². The van der Waals surface area contributed by atoms with Gasteiger partial charge in [-0.2, -0.15) is 0 Å². The predicted molar refractivity (Wildman–Crippen MR) is 108 cm³/mol. The van der Waals surface area contributed by atoms with Crippen LogP contribution in [0.2, 0.25) is 0 Å². The Kier molecular flexibility index (Phi) is 6.51. The number of anilines is 1. The van der Waals surface area contributed by atoms with Crippen LogP contribution in [0, 0.1) is 0 Å². The van der Waals surface area contributed by atoms with Crippen molar-refractivity contribution in [2.24, 2.45) is 4.99 Å². The zero-order chi connectivity index (χ0) is 19.1. The highest BCUT2D eigenvalue weighted by Crippen LogP contribution is 2.28. The average molecular weight is 371 g/mol. The van der Waals surface area contributed by atoms with Crippen molar-refractivity contribution in [3.8, 4) is 5.75 Å². The van der Waals surface area contributed by atoms with Crippen LogP contribution in [0.3, 0.4) is 0 Å². The Labute approximate surface area is 160 Å². The van der Waals surface area contributed by atoms with E-state index >= 15 is 0 Å². The third-order valence-corrected chi connectivity index (χ3v) is 4.86. The molecule has 0 bridgehead atoms. The lowest BCUT2D eigenvalue weighted by Gasteiger charge is -2.38. The Morgan fingerprint density at radius 2 is 2.00 bits per heavy atom. The number of guanidine groups is 1. The highest BCUT2D eigenvalue weighted by Gasteiger charge is 2.21. The summed E-state index contributed by atoms with van der Waals surface area (Å²) in [6.45, 7) is 7.43. The summed E-state index contributed by atoms with van der Waals surface area (Å²) in [5.41, 5.74) is 1.15. The average Bonchev–Trinajstić information content (AvgIpc) is 3.19. The highest BCUT2D eigenvalue weighted by molar-refractivity contribution is 5.80. The molecule has 1 aliphatic heterocycles. The van der Waals surface area contributed by atoms with Gasteiger partial charge >= 0.3 is 0 Å². The topological polar surface area (TPSA) is 70.8 Å². The summed E-state index contributed by atoms with van der Waals surface area (Å²) < 4.78 is 7.58. The molecule has 8 heteroatoms. The molecule has 0 radical (unpaired) electrons. The summed E-state index contributed by atoms with van der Waals surface area (Å²) in [5.74, 6) is 2.88. The molecular weight excluding hydrogens is 342 g/mol. The lowest BCUT2D eigenvalue weighted by molar-refractivity contribution is 0.366. The Morgan fingerprint density at radius 1 is 1.22 bits per heavy atom. The molecule has 0 spiro atoms. The highest BCUT2D eigenvalue weighted by atomic mass is 16.5. The normalized spacial score (nSPS) is 15.1. The molecule has 1 N–H and O–H groups in total. The van der Waals surface area contributed by atoms with Crippen LogP contribution in [0.1, 0.15) is 12.7 Å². The van der Waals surface area contributed by atoms with Gasteiger partial charge in [-0.25, -0.2) is 0 Å². The number of nitrogens with zero attached hydrogens (tertiary/aromatic N) is 6. The van der Waals surface area contributed by atoms with E-state index in [1.165, 1.54) is 0 Å². The van der Waals surface area contributed by atoms with Gasteiger partial charge in [-0.05, 0) is 12.1 Å². The van der Waals surface area contributed by atoms with E-state index in [4.69, 9.17) is 4.74 Å². The Hall–Kier alpha value is -2.77. The summed E-state index contributed by atoms with van der Waals surface area (Å²) in [4.78, 5) is 9.13. The second kappa shape index (κ2) is 9.25. The molecule has 0 unspecified atom stereocenters. The van der Waals surface area contributed by atoms with Crippen molar-refractivity contribution in [2.75, 3.05) is 51.8 Å². The number of ether oxygens (including phenoxy) is 1. The van der Waals surface area contributed by atoms with Gasteiger partial charge in [-0.3, -0.25) is 4.99 Å². The molecule has 27 heavy (non-hydrogen) atoms. The van der Waals surface area contributed by atoms with Crippen molar-refractivity contribution in [2.45, 2.75) is 19.9 Å². The molecule has 0 aliphatic carbocycles. The fourth-order valence-electron chi connectivity index (χ4n) is 3.41. The molecule has 3 rings (SSSR count). The fourth-order valence-corrected chi connectivity index (χ4v) is 3.41. The largest absolute Gasteiger partial charge is 0.495 e. The van der Waals surface area contributed by atoms with Gasteiger partial charge in [0.1, 0.15) is 17.9 Å². The lowest BCUT2D eigenvalue weighted by atomic mass is 10.2. The number of methoxy groups -OCH3 is 1. The first-order chi connectivity index (χ1) is 13.3. The Morgan fingerprint density at radius 3 is 2.70 bits per heavy atom. The molecule has 1 aliphatic rings. The summed E-state index contributed by atoms with van der Waals surface area (Å²) in [6, 6.07) is 8.19. The van der Waals surface area contributed by atoms with Crippen molar-refractivity contribution >= 4 is 11.6 Å². The van der Waals surface area contributed by atoms with Gasteiger partial charge in [0.2, 0.25) is 0 Å². The third-order valence-electron chi connectivity index (χ3n) is 4.86. The quantitative estimate of drug-likeness (QED) is 0.609. The van der Waals surface area contributed by atoms with Gasteiger partial charge in [-0.15, -0.1) is 10.2 Å². The molecule has 0 amide bonds. The van der Waals surface area contributed by atoms with E-state index in [1.54, 1.807) is 13.4 Å². The SMILES string of the molecule is CCc1nncn1CCNC(=NC)N1CCN(c2ccccc2OC)CC1. The molecular formula is C19H29N7O. The number of benzene rings is 1. The van der Waals surface area contributed by atoms with E-state index < -0.39 is 0 Å². The number of aromatic nitrogens is 3.